The van der Waals surface area contributed by atoms with Crippen LogP contribution >= 0.6 is 11.6 Å². The monoisotopic (exact) mass is 423 g/mol. The van der Waals surface area contributed by atoms with Crippen LogP contribution in [0.15, 0.2) is 48.5 Å². The first-order chi connectivity index (χ1) is 14.5. The quantitative estimate of drug-likeness (QED) is 0.639. The van der Waals surface area contributed by atoms with Crippen LogP contribution in [-0.2, 0) is 4.74 Å². The molecule has 0 aliphatic carbocycles. The largest absolute Gasteiger partial charge is 0.376 e. The molecule has 1 atom stereocenters. The lowest BCUT2D eigenvalue weighted by molar-refractivity contribution is 0.0858. The molecule has 30 heavy (non-hydrogen) atoms. The minimum atomic E-state index is -0.332. The molecule has 1 aliphatic rings. The summed E-state index contributed by atoms with van der Waals surface area (Å²) in [6.45, 7) is 2.97. The van der Waals surface area contributed by atoms with Crippen molar-refractivity contribution >= 4 is 40.0 Å². The van der Waals surface area contributed by atoms with Gasteiger partial charge in [0.15, 0.2) is 0 Å². The summed E-state index contributed by atoms with van der Waals surface area (Å²) in [4.78, 5) is 30.1. The Hall–Kier alpha value is -2.96. The minimum absolute atomic E-state index is 0.0499. The maximum Gasteiger partial charge on any atom is 0.257 e. The van der Waals surface area contributed by atoms with E-state index in [2.05, 4.69) is 15.6 Å². The van der Waals surface area contributed by atoms with Crippen molar-refractivity contribution in [1.82, 2.24) is 10.3 Å². The lowest BCUT2D eigenvalue weighted by atomic mass is 10.1. The third kappa shape index (κ3) is 4.45. The van der Waals surface area contributed by atoms with E-state index in [-0.39, 0.29) is 17.9 Å². The molecule has 2 amide bonds. The molecule has 1 fully saturated rings. The molecule has 1 aliphatic heterocycles. The summed E-state index contributed by atoms with van der Waals surface area (Å²) in [5.74, 6) is -0.581. The average Bonchev–Trinajstić information content (AvgIpc) is 3.26. The molecule has 1 aromatic heterocycles. The van der Waals surface area contributed by atoms with Crippen molar-refractivity contribution in [2.45, 2.75) is 25.9 Å². The number of rotatable bonds is 5. The van der Waals surface area contributed by atoms with Crippen LogP contribution in [0.5, 0.6) is 0 Å². The SMILES string of the molecule is Cc1nc2ccc(Cl)cc2cc1C(=O)Nc1ccccc1C(=O)NC[C@H]1CCCO1. The molecule has 0 radical (unpaired) electrons. The Balaban J connectivity index is 1.54. The number of pyridine rings is 1. The molecular weight excluding hydrogens is 402 g/mol. The second-order valence-electron chi connectivity index (χ2n) is 7.30. The number of aryl methyl sites for hydroxylation is 1. The van der Waals surface area contributed by atoms with Crippen LogP contribution in [0.4, 0.5) is 5.69 Å². The third-order valence-corrected chi connectivity index (χ3v) is 5.38. The summed E-state index contributed by atoms with van der Waals surface area (Å²) in [6.07, 6.45) is 2.00. The van der Waals surface area contributed by atoms with Crippen LogP contribution in [0.1, 0.15) is 39.3 Å². The van der Waals surface area contributed by atoms with Gasteiger partial charge in [-0.05, 0) is 56.2 Å². The summed E-state index contributed by atoms with van der Waals surface area (Å²) in [7, 11) is 0. The van der Waals surface area contributed by atoms with Crippen molar-refractivity contribution in [2.24, 2.45) is 0 Å². The van der Waals surface area contributed by atoms with Gasteiger partial charge in [0.2, 0.25) is 0 Å². The molecule has 2 aromatic carbocycles. The number of hydrogen-bond donors (Lipinski definition) is 2. The number of benzene rings is 2. The second-order valence-corrected chi connectivity index (χ2v) is 7.74. The maximum absolute atomic E-state index is 13.0. The van der Waals surface area contributed by atoms with Crippen molar-refractivity contribution in [3.63, 3.8) is 0 Å². The molecular formula is C23H22ClN3O3. The van der Waals surface area contributed by atoms with E-state index >= 15 is 0 Å². The number of aromatic nitrogens is 1. The number of nitrogens with one attached hydrogen (secondary N) is 2. The topological polar surface area (TPSA) is 80.3 Å². The van der Waals surface area contributed by atoms with Crippen molar-refractivity contribution in [1.29, 1.82) is 0 Å². The van der Waals surface area contributed by atoms with Gasteiger partial charge in [-0.25, -0.2) is 0 Å². The van der Waals surface area contributed by atoms with Gasteiger partial charge in [-0.3, -0.25) is 14.6 Å². The molecule has 0 saturated carbocycles. The first-order valence-corrected chi connectivity index (χ1v) is 10.3. The van der Waals surface area contributed by atoms with E-state index < -0.39 is 0 Å². The molecule has 2 N–H and O–H groups in total. The Morgan fingerprint density at radius 1 is 1.13 bits per heavy atom. The van der Waals surface area contributed by atoms with Gasteiger partial charge in [0.1, 0.15) is 0 Å². The fourth-order valence-electron chi connectivity index (χ4n) is 3.56. The highest BCUT2D eigenvalue weighted by molar-refractivity contribution is 6.31. The molecule has 4 rings (SSSR count). The van der Waals surface area contributed by atoms with E-state index in [0.717, 1.165) is 30.4 Å². The Kier molecular flexibility index (Phi) is 5.97. The Morgan fingerprint density at radius 3 is 2.77 bits per heavy atom. The van der Waals surface area contributed by atoms with Gasteiger partial charge in [0.05, 0.1) is 34.1 Å². The van der Waals surface area contributed by atoms with E-state index in [1.807, 2.05) is 6.07 Å². The molecule has 1 saturated heterocycles. The number of fused-ring (bicyclic) bond motifs is 1. The zero-order valence-electron chi connectivity index (χ0n) is 16.6. The number of carbonyl (C=O) groups excluding carboxylic acids is 2. The summed E-state index contributed by atoms with van der Waals surface area (Å²) in [6, 6.07) is 14.1. The highest BCUT2D eigenvalue weighted by atomic mass is 35.5. The van der Waals surface area contributed by atoms with Crippen LogP contribution < -0.4 is 10.6 Å². The number of anilines is 1. The first kappa shape index (κ1) is 20.3. The molecule has 6 nitrogen and oxygen atoms in total. The molecule has 0 bridgehead atoms. The number of hydrogen-bond acceptors (Lipinski definition) is 4. The van der Waals surface area contributed by atoms with Gasteiger partial charge in [0, 0.05) is 23.6 Å². The molecule has 0 spiro atoms. The molecule has 2 heterocycles. The highest BCUT2D eigenvalue weighted by Gasteiger charge is 2.19. The predicted molar refractivity (Wildman–Crippen MR) is 117 cm³/mol. The number of carbonyl (C=O) groups is 2. The van der Waals surface area contributed by atoms with E-state index in [9.17, 15) is 9.59 Å². The molecule has 3 aromatic rings. The fraction of sp³-hybridized carbons (Fsp3) is 0.261. The van der Waals surface area contributed by atoms with Crippen molar-refractivity contribution in [3.8, 4) is 0 Å². The zero-order valence-corrected chi connectivity index (χ0v) is 17.3. The normalized spacial score (nSPS) is 15.9. The number of amides is 2. The average molecular weight is 424 g/mol. The van der Waals surface area contributed by atoms with E-state index in [0.29, 0.717) is 34.1 Å². The van der Waals surface area contributed by atoms with Crippen LogP contribution in [0.2, 0.25) is 5.02 Å². The number of halogens is 1. The van der Waals surface area contributed by atoms with E-state index in [1.54, 1.807) is 49.4 Å². The lowest BCUT2D eigenvalue weighted by Crippen LogP contribution is -2.32. The Morgan fingerprint density at radius 2 is 1.97 bits per heavy atom. The minimum Gasteiger partial charge on any atom is -0.376 e. The summed E-state index contributed by atoms with van der Waals surface area (Å²) in [5, 5.41) is 7.10. The van der Waals surface area contributed by atoms with Crippen molar-refractivity contribution in [3.05, 3.63) is 70.4 Å². The standard InChI is InChI=1S/C23H22ClN3O3/c1-14-19(12-15-11-16(24)8-9-20(15)26-14)23(29)27-21-7-3-2-6-18(21)22(28)25-13-17-5-4-10-30-17/h2-3,6-9,11-12,17H,4-5,10,13H2,1H3,(H,25,28)(H,27,29)/t17-/m1/s1. The lowest BCUT2D eigenvalue weighted by Gasteiger charge is -2.14. The maximum atomic E-state index is 13.0. The zero-order chi connectivity index (χ0) is 21.1. The summed E-state index contributed by atoms with van der Waals surface area (Å²) in [5.41, 5.74) is 2.64. The van der Waals surface area contributed by atoms with Gasteiger partial charge < -0.3 is 15.4 Å². The van der Waals surface area contributed by atoms with Crippen molar-refractivity contribution < 1.29 is 14.3 Å². The second kappa shape index (κ2) is 8.81. The number of ether oxygens (including phenoxy) is 1. The highest BCUT2D eigenvalue weighted by Crippen LogP contribution is 2.22. The fourth-order valence-corrected chi connectivity index (χ4v) is 3.74. The predicted octanol–water partition coefficient (Wildman–Crippen LogP) is 4.36. The number of nitrogens with zero attached hydrogens (tertiary/aromatic N) is 1. The third-order valence-electron chi connectivity index (χ3n) is 5.15. The smallest absolute Gasteiger partial charge is 0.257 e. The summed E-state index contributed by atoms with van der Waals surface area (Å²) < 4.78 is 5.55. The van der Waals surface area contributed by atoms with Gasteiger partial charge >= 0.3 is 0 Å². The van der Waals surface area contributed by atoms with Crippen LogP contribution in [-0.4, -0.2) is 36.1 Å². The van der Waals surface area contributed by atoms with Gasteiger partial charge in [-0.1, -0.05) is 23.7 Å². The molecule has 7 heteroatoms. The van der Waals surface area contributed by atoms with Crippen molar-refractivity contribution in [2.75, 3.05) is 18.5 Å². The molecule has 154 valence electrons. The van der Waals surface area contributed by atoms with Gasteiger partial charge in [-0.15, -0.1) is 0 Å². The van der Waals surface area contributed by atoms with E-state index in [1.165, 1.54) is 0 Å². The van der Waals surface area contributed by atoms with Gasteiger partial charge in [0.25, 0.3) is 11.8 Å². The number of para-hydroxylation sites is 1. The Labute approximate surface area is 179 Å². The van der Waals surface area contributed by atoms with E-state index in [4.69, 9.17) is 16.3 Å². The van der Waals surface area contributed by atoms with Crippen LogP contribution in [0.25, 0.3) is 10.9 Å². The summed E-state index contributed by atoms with van der Waals surface area (Å²) >= 11 is 6.07. The Bertz CT molecular complexity index is 1110. The molecule has 0 unspecified atom stereocenters. The first-order valence-electron chi connectivity index (χ1n) is 9.88. The van der Waals surface area contributed by atoms with Gasteiger partial charge in [-0.2, -0.15) is 0 Å². The van der Waals surface area contributed by atoms with Crippen LogP contribution in [0, 0.1) is 6.92 Å². The van der Waals surface area contributed by atoms with Crippen LogP contribution in [0.3, 0.4) is 0 Å².